The lowest BCUT2D eigenvalue weighted by atomic mass is 10.2. The van der Waals surface area contributed by atoms with Crippen LogP contribution in [-0.4, -0.2) is 42.4 Å². The highest BCUT2D eigenvalue weighted by Crippen LogP contribution is 2.20. The summed E-state index contributed by atoms with van der Waals surface area (Å²) in [6.45, 7) is 4.75. The van der Waals surface area contributed by atoms with E-state index in [0.29, 0.717) is 13.2 Å². The van der Waals surface area contributed by atoms with Gasteiger partial charge in [-0.15, -0.1) is 0 Å². The van der Waals surface area contributed by atoms with Crippen LogP contribution in [0.5, 0.6) is 0 Å². The molecule has 0 fully saturated rings. The van der Waals surface area contributed by atoms with Gasteiger partial charge in [-0.3, -0.25) is 0 Å². The number of aromatic carboxylic acids is 1. The summed E-state index contributed by atoms with van der Waals surface area (Å²) in [6, 6.07) is 1.02. The molecule has 100 valence electrons. The van der Waals surface area contributed by atoms with E-state index in [9.17, 15) is 9.18 Å². The fourth-order valence-corrected chi connectivity index (χ4v) is 1.62. The van der Waals surface area contributed by atoms with Crippen LogP contribution in [0.1, 0.15) is 24.2 Å². The molecule has 0 unspecified atom stereocenters. The van der Waals surface area contributed by atoms with E-state index in [4.69, 9.17) is 9.84 Å². The van der Waals surface area contributed by atoms with Crippen molar-refractivity contribution >= 4 is 11.8 Å². The normalized spacial score (nSPS) is 10.7. The molecule has 18 heavy (non-hydrogen) atoms. The molecule has 0 aliphatic rings. The van der Waals surface area contributed by atoms with Crippen LogP contribution in [0.2, 0.25) is 0 Å². The number of aromatic nitrogens is 1. The van der Waals surface area contributed by atoms with Gasteiger partial charge in [-0.25, -0.2) is 14.2 Å². The molecule has 0 radical (unpaired) electrons. The van der Waals surface area contributed by atoms with Crippen LogP contribution in [0.25, 0.3) is 0 Å². The van der Waals surface area contributed by atoms with Crippen molar-refractivity contribution in [3.05, 3.63) is 23.6 Å². The quantitative estimate of drug-likeness (QED) is 0.840. The van der Waals surface area contributed by atoms with Crippen molar-refractivity contribution in [1.29, 1.82) is 0 Å². The first kappa shape index (κ1) is 14.4. The van der Waals surface area contributed by atoms with Gasteiger partial charge in [0.15, 0.2) is 0 Å². The second kappa shape index (κ2) is 6.30. The summed E-state index contributed by atoms with van der Waals surface area (Å²) in [5.74, 6) is -1.59. The zero-order valence-corrected chi connectivity index (χ0v) is 10.7. The van der Waals surface area contributed by atoms with E-state index < -0.39 is 11.8 Å². The van der Waals surface area contributed by atoms with Gasteiger partial charge in [0.1, 0.15) is 17.2 Å². The monoisotopic (exact) mass is 256 g/mol. The number of carboxylic acid groups (broad SMARTS) is 1. The molecule has 0 bridgehead atoms. The smallest absolute Gasteiger partial charge is 0.339 e. The van der Waals surface area contributed by atoms with Crippen LogP contribution in [0.4, 0.5) is 10.2 Å². The number of pyridine rings is 1. The van der Waals surface area contributed by atoms with Gasteiger partial charge >= 0.3 is 5.97 Å². The minimum atomic E-state index is -1.19. The molecule has 0 spiro atoms. The van der Waals surface area contributed by atoms with E-state index in [-0.39, 0.29) is 17.4 Å². The average Bonchev–Trinajstić information content (AvgIpc) is 2.30. The Bertz CT molecular complexity index is 424. The highest BCUT2D eigenvalue weighted by molar-refractivity contribution is 5.93. The van der Waals surface area contributed by atoms with Crippen molar-refractivity contribution in [2.75, 3.05) is 25.2 Å². The summed E-state index contributed by atoms with van der Waals surface area (Å²) in [4.78, 5) is 16.8. The third-order valence-electron chi connectivity index (χ3n) is 2.50. The molecule has 0 aliphatic heterocycles. The van der Waals surface area contributed by atoms with Crippen molar-refractivity contribution in [3.8, 4) is 0 Å². The second-order valence-electron chi connectivity index (χ2n) is 4.11. The first-order valence-corrected chi connectivity index (χ1v) is 5.61. The maximum absolute atomic E-state index is 13.1. The molecule has 1 N–H and O–H groups in total. The van der Waals surface area contributed by atoms with Crippen LogP contribution in [0.3, 0.4) is 0 Å². The summed E-state index contributed by atoms with van der Waals surface area (Å²) in [5, 5.41) is 9.08. The zero-order valence-electron chi connectivity index (χ0n) is 10.7. The van der Waals surface area contributed by atoms with Gasteiger partial charge in [-0.05, 0) is 19.9 Å². The predicted octanol–water partition coefficient (Wildman–Crippen LogP) is 1.78. The lowest BCUT2D eigenvalue weighted by Crippen LogP contribution is -2.35. The summed E-state index contributed by atoms with van der Waals surface area (Å²) >= 11 is 0. The predicted molar refractivity (Wildman–Crippen MR) is 65.5 cm³/mol. The average molecular weight is 256 g/mol. The number of hydrogen-bond acceptors (Lipinski definition) is 4. The summed E-state index contributed by atoms with van der Waals surface area (Å²) in [6.07, 6.45) is 1.02. The summed E-state index contributed by atoms with van der Waals surface area (Å²) < 4.78 is 18.0. The number of nitrogens with zero attached hydrogens (tertiary/aromatic N) is 2. The third kappa shape index (κ3) is 3.40. The van der Waals surface area contributed by atoms with Gasteiger partial charge in [-0.2, -0.15) is 0 Å². The van der Waals surface area contributed by atoms with Crippen LogP contribution >= 0.6 is 0 Å². The number of anilines is 1. The number of ether oxygens (including phenoxy) is 1. The van der Waals surface area contributed by atoms with Crippen molar-refractivity contribution in [3.63, 3.8) is 0 Å². The van der Waals surface area contributed by atoms with E-state index in [2.05, 4.69) is 4.98 Å². The highest BCUT2D eigenvalue weighted by atomic mass is 19.1. The lowest BCUT2D eigenvalue weighted by Gasteiger charge is -2.28. The van der Waals surface area contributed by atoms with E-state index >= 15 is 0 Å². The minimum Gasteiger partial charge on any atom is -0.478 e. The number of halogens is 1. The van der Waals surface area contributed by atoms with Gasteiger partial charge in [-0.1, -0.05) is 0 Å². The topological polar surface area (TPSA) is 62.7 Å². The number of rotatable bonds is 6. The largest absolute Gasteiger partial charge is 0.478 e. The van der Waals surface area contributed by atoms with Crippen LogP contribution in [0.15, 0.2) is 12.3 Å². The van der Waals surface area contributed by atoms with Gasteiger partial charge < -0.3 is 14.7 Å². The molecular formula is C12H17FN2O3. The lowest BCUT2D eigenvalue weighted by molar-refractivity contribution is 0.0696. The van der Waals surface area contributed by atoms with Gasteiger partial charge in [0, 0.05) is 19.7 Å². The summed E-state index contributed by atoms with van der Waals surface area (Å²) in [5.41, 5.74) is -0.139. The van der Waals surface area contributed by atoms with Crippen LogP contribution < -0.4 is 4.90 Å². The SMILES string of the molecule is COCCN(c1ncc(F)cc1C(=O)O)C(C)C. The van der Waals surface area contributed by atoms with Gasteiger partial charge in [0.05, 0.1) is 12.8 Å². The zero-order chi connectivity index (χ0) is 13.7. The third-order valence-corrected chi connectivity index (χ3v) is 2.50. The molecule has 1 heterocycles. The van der Waals surface area contributed by atoms with Gasteiger partial charge in [0.25, 0.3) is 0 Å². The standard InChI is InChI=1S/C12H17FN2O3/c1-8(2)15(4-5-18-3)11-10(12(16)17)6-9(13)7-14-11/h6-8H,4-5H2,1-3H3,(H,16,17). The second-order valence-corrected chi connectivity index (χ2v) is 4.11. The van der Waals surface area contributed by atoms with Crippen molar-refractivity contribution in [2.24, 2.45) is 0 Å². The fraction of sp³-hybridized carbons (Fsp3) is 0.500. The molecule has 0 aromatic carbocycles. The maximum Gasteiger partial charge on any atom is 0.339 e. The van der Waals surface area contributed by atoms with E-state index in [0.717, 1.165) is 12.3 Å². The molecule has 6 heteroatoms. The number of carbonyl (C=O) groups is 1. The highest BCUT2D eigenvalue weighted by Gasteiger charge is 2.20. The Morgan fingerprint density at radius 3 is 2.78 bits per heavy atom. The molecule has 0 amide bonds. The molecule has 1 aromatic heterocycles. The van der Waals surface area contributed by atoms with Crippen LogP contribution in [0, 0.1) is 5.82 Å². The Balaban J connectivity index is 3.14. The van der Waals surface area contributed by atoms with E-state index in [1.807, 2.05) is 13.8 Å². The first-order valence-electron chi connectivity index (χ1n) is 5.61. The minimum absolute atomic E-state index is 0.0382. The van der Waals surface area contributed by atoms with Crippen LogP contribution in [-0.2, 0) is 4.74 Å². The Morgan fingerprint density at radius 1 is 1.61 bits per heavy atom. The van der Waals surface area contributed by atoms with E-state index in [1.165, 1.54) is 0 Å². The molecular weight excluding hydrogens is 239 g/mol. The molecule has 1 rings (SSSR count). The summed E-state index contributed by atoms with van der Waals surface area (Å²) in [7, 11) is 1.56. The van der Waals surface area contributed by atoms with Crippen molar-refractivity contribution < 1.29 is 19.0 Å². The number of carboxylic acids is 1. The Hall–Kier alpha value is -1.69. The van der Waals surface area contributed by atoms with Gasteiger partial charge in [0.2, 0.25) is 0 Å². The number of hydrogen-bond donors (Lipinski definition) is 1. The molecule has 1 aromatic rings. The molecule has 0 saturated carbocycles. The van der Waals surface area contributed by atoms with E-state index in [1.54, 1.807) is 12.0 Å². The Kier molecular flexibility index (Phi) is 5.03. The Morgan fingerprint density at radius 2 is 2.28 bits per heavy atom. The van der Waals surface area contributed by atoms with Crippen molar-refractivity contribution in [1.82, 2.24) is 4.98 Å². The fourth-order valence-electron chi connectivity index (χ4n) is 1.62. The Labute approximate surface area is 105 Å². The molecule has 0 atom stereocenters. The molecule has 5 nitrogen and oxygen atoms in total. The first-order chi connectivity index (χ1) is 8.47. The molecule has 0 aliphatic carbocycles. The number of methoxy groups -OCH3 is 1. The van der Waals surface area contributed by atoms with Crippen molar-refractivity contribution in [2.45, 2.75) is 19.9 Å². The maximum atomic E-state index is 13.1. The molecule has 0 saturated heterocycles.